The third-order valence-corrected chi connectivity index (χ3v) is 3.44. The molecule has 1 atom stereocenters. The number of aromatic hydroxyl groups is 1. The number of methoxy groups -OCH3 is 1. The first-order chi connectivity index (χ1) is 8.93. The minimum atomic E-state index is -0.0723. The number of morpholine rings is 1. The van der Waals surface area contributed by atoms with E-state index >= 15 is 0 Å². The molecule has 106 valence electrons. The lowest BCUT2D eigenvalue weighted by Gasteiger charge is -2.28. The van der Waals surface area contributed by atoms with Gasteiger partial charge in [0, 0.05) is 18.7 Å². The molecule has 1 aliphatic heterocycles. The van der Waals surface area contributed by atoms with Crippen LogP contribution in [0.3, 0.4) is 0 Å². The molecule has 1 aromatic rings. The molecular weight excluding hydrogens is 242 g/mol. The van der Waals surface area contributed by atoms with Crippen LogP contribution >= 0.6 is 0 Å². The number of phenolic OH excluding ortho intramolecular Hbond substituents is 1. The Bertz CT molecular complexity index is 445. The van der Waals surface area contributed by atoms with Crippen LogP contribution in [0.15, 0.2) is 12.1 Å². The van der Waals surface area contributed by atoms with E-state index in [-0.39, 0.29) is 17.3 Å². The summed E-state index contributed by atoms with van der Waals surface area (Å²) in [5.41, 5.74) is 1.97. The van der Waals surface area contributed by atoms with E-state index in [0.29, 0.717) is 12.4 Å². The summed E-state index contributed by atoms with van der Waals surface area (Å²) in [6.07, 6.45) is -0.0723. The van der Waals surface area contributed by atoms with Crippen molar-refractivity contribution >= 4 is 0 Å². The first-order valence-electron chi connectivity index (χ1n) is 6.67. The quantitative estimate of drug-likeness (QED) is 0.862. The van der Waals surface area contributed by atoms with Gasteiger partial charge in [0.25, 0.3) is 0 Å². The summed E-state index contributed by atoms with van der Waals surface area (Å²) in [6, 6.07) is 3.86. The van der Waals surface area contributed by atoms with Gasteiger partial charge in [0.1, 0.15) is 0 Å². The van der Waals surface area contributed by atoms with E-state index in [9.17, 15) is 5.11 Å². The second-order valence-corrected chi connectivity index (χ2v) is 5.93. The Labute approximate surface area is 114 Å². The Morgan fingerprint density at radius 1 is 1.37 bits per heavy atom. The molecule has 0 saturated carbocycles. The standard InChI is InChI=1S/C15H23NO3/c1-15(2,3)10-7-11(13-9-16-5-6-19-13)14(18-4)12(17)8-10/h7-8,13,16-17H,5-6,9H2,1-4H3. The number of benzene rings is 1. The molecule has 4 nitrogen and oxygen atoms in total. The van der Waals surface area contributed by atoms with E-state index in [1.165, 1.54) is 0 Å². The Morgan fingerprint density at radius 2 is 2.11 bits per heavy atom. The van der Waals surface area contributed by atoms with E-state index in [1.54, 1.807) is 13.2 Å². The van der Waals surface area contributed by atoms with Crippen molar-refractivity contribution in [1.29, 1.82) is 0 Å². The second kappa shape index (κ2) is 5.39. The van der Waals surface area contributed by atoms with Crippen LogP contribution in [-0.4, -0.2) is 31.9 Å². The van der Waals surface area contributed by atoms with Crippen LogP contribution in [0, 0.1) is 0 Å². The number of phenols is 1. The van der Waals surface area contributed by atoms with Gasteiger partial charge < -0.3 is 19.9 Å². The van der Waals surface area contributed by atoms with Crippen LogP contribution in [0.25, 0.3) is 0 Å². The molecule has 2 rings (SSSR count). The lowest BCUT2D eigenvalue weighted by Crippen LogP contribution is -2.33. The molecule has 1 saturated heterocycles. The molecule has 2 N–H and O–H groups in total. The molecule has 4 heteroatoms. The Balaban J connectivity index is 2.46. The number of ether oxygens (including phenoxy) is 2. The molecule has 0 aliphatic carbocycles. The molecule has 1 unspecified atom stereocenters. The van der Waals surface area contributed by atoms with Crippen LogP contribution in [0.1, 0.15) is 38.0 Å². The zero-order valence-corrected chi connectivity index (χ0v) is 12.1. The van der Waals surface area contributed by atoms with Crippen molar-refractivity contribution in [3.8, 4) is 11.5 Å². The van der Waals surface area contributed by atoms with E-state index in [2.05, 4.69) is 32.2 Å². The first kappa shape index (κ1) is 14.2. The highest BCUT2D eigenvalue weighted by molar-refractivity contribution is 5.51. The summed E-state index contributed by atoms with van der Waals surface area (Å²) in [5.74, 6) is 0.695. The number of nitrogens with one attached hydrogen (secondary N) is 1. The lowest BCUT2D eigenvalue weighted by atomic mass is 9.85. The van der Waals surface area contributed by atoms with E-state index in [0.717, 1.165) is 24.2 Å². The molecule has 0 bridgehead atoms. The van der Waals surface area contributed by atoms with Gasteiger partial charge in [-0.15, -0.1) is 0 Å². The number of hydrogen-bond acceptors (Lipinski definition) is 4. The summed E-state index contributed by atoms with van der Waals surface area (Å²) >= 11 is 0. The van der Waals surface area contributed by atoms with Crippen LogP contribution in [-0.2, 0) is 10.2 Å². The molecule has 1 heterocycles. The minimum Gasteiger partial charge on any atom is -0.504 e. The van der Waals surface area contributed by atoms with Crippen molar-refractivity contribution in [3.05, 3.63) is 23.3 Å². The highest BCUT2D eigenvalue weighted by atomic mass is 16.5. The predicted octanol–water partition coefficient (Wildman–Crippen LogP) is 2.36. The van der Waals surface area contributed by atoms with Gasteiger partial charge in [-0.2, -0.15) is 0 Å². The molecular formula is C15H23NO3. The normalized spacial score (nSPS) is 20.3. The van der Waals surface area contributed by atoms with Crippen LogP contribution in [0.4, 0.5) is 0 Å². The number of hydrogen-bond donors (Lipinski definition) is 2. The summed E-state index contributed by atoms with van der Waals surface area (Å²) in [6.45, 7) is 8.65. The van der Waals surface area contributed by atoms with Gasteiger partial charge >= 0.3 is 0 Å². The van der Waals surface area contributed by atoms with Gasteiger partial charge in [-0.05, 0) is 23.1 Å². The molecule has 1 aliphatic rings. The van der Waals surface area contributed by atoms with E-state index in [1.807, 2.05) is 0 Å². The SMILES string of the molecule is COc1c(O)cc(C(C)(C)C)cc1C1CNCCO1. The average Bonchev–Trinajstić information content (AvgIpc) is 2.37. The fourth-order valence-electron chi connectivity index (χ4n) is 2.30. The lowest BCUT2D eigenvalue weighted by molar-refractivity contribution is 0.0260. The molecule has 1 aromatic carbocycles. The Hall–Kier alpha value is -1.26. The maximum Gasteiger partial charge on any atom is 0.166 e. The van der Waals surface area contributed by atoms with Crippen LogP contribution in [0.2, 0.25) is 0 Å². The molecule has 0 aromatic heterocycles. The molecule has 19 heavy (non-hydrogen) atoms. The van der Waals surface area contributed by atoms with Crippen molar-refractivity contribution in [2.45, 2.75) is 32.3 Å². The summed E-state index contributed by atoms with van der Waals surface area (Å²) < 4.78 is 11.1. The van der Waals surface area contributed by atoms with Crippen LogP contribution < -0.4 is 10.1 Å². The monoisotopic (exact) mass is 265 g/mol. The first-order valence-corrected chi connectivity index (χ1v) is 6.67. The second-order valence-electron chi connectivity index (χ2n) is 5.93. The smallest absolute Gasteiger partial charge is 0.166 e. The molecule has 0 radical (unpaired) electrons. The fourth-order valence-corrected chi connectivity index (χ4v) is 2.30. The zero-order valence-electron chi connectivity index (χ0n) is 12.1. The maximum atomic E-state index is 10.2. The molecule has 0 amide bonds. The highest BCUT2D eigenvalue weighted by Crippen LogP contribution is 2.40. The molecule has 0 spiro atoms. The van der Waals surface area contributed by atoms with Gasteiger partial charge in [0.15, 0.2) is 11.5 Å². The highest BCUT2D eigenvalue weighted by Gasteiger charge is 2.25. The number of rotatable bonds is 2. The fraction of sp³-hybridized carbons (Fsp3) is 0.600. The zero-order chi connectivity index (χ0) is 14.0. The van der Waals surface area contributed by atoms with Crippen molar-refractivity contribution in [2.24, 2.45) is 0 Å². The topological polar surface area (TPSA) is 50.7 Å². The van der Waals surface area contributed by atoms with Crippen molar-refractivity contribution in [1.82, 2.24) is 5.32 Å². The van der Waals surface area contributed by atoms with Gasteiger partial charge in [-0.3, -0.25) is 0 Å². The van der Waals surface area contributed by atoms with Gasteiger partial charge in [0.05, 0.1) is 19.8 Å². The van der Waals surface area contributed by atoms with Crippen molar-refractivity contribution in [3.63, 3.8) is 0 Å². The third kappa shape index (κ3) is 3.01. The maximum absolute atomic E-state index is 10.2. The van der Waals surface area contributed by atoms with Crippen molar-refractivity contribution in [2.75, 3.05) is 26.8 Å². The van der Waals surface area contributed by atoms with E-state index < -0.39 is 0 Å². The van der Waals surface area contributed by atoms with E-state index in [4.69, 9.17) is 9.47 Å². The minimum absolute atomic E-state index is 0.0272. The van der Waals surface area contributed by atoms with Gasteiger partial charge in [-0.25, -0.2) is 0 Å². The largest absolute Gasteiger partial charge is 0.504 e. The Morgan fingerprint density at radius 3 is 2.63 bits per heavy atom. The van der Waals surface area contributed by atoms with Gasteiger partial charge in [0.2, 0.25) is 0 Å². The van der Waals surface area contributed by atoms with Gasteiger partial charge in [-0.1, -0.05) is 20.8 Å². The Kier molecular flexibility index (Phi) is 4.02. The summed E-state index contributed by atoms with van der Waals surface area (Å²) in [7, 11) is 1.57. The third-order valence-electron chi connectivity index (χ3n) is 3.44. The average molecular weight is 265 g/mol. The predicted molar refractivity (Wildman–Crippen MR) is 74.9 cm³/mol. The summed E-state index contributed by atoms with van der Waals surface area (Å²) in [4.78, 5) is 0. The molecule has 1 fully saturated rings. The summed E-state index contributed by atoms with van der Waals surface area (Å²) in [5, 5.41) is 13.5. The van der Waals surface area contributed by atoms with Crippen LogP contribution in [0.5, 0.6) is 11.5 Å². The van der Waals surface area contributed by atoms with Crippen molar-refractivity contribution < 1.29 is 14.6 Å².